The molecule has 2 aliphatic heterocycles. The summed E-state index contributed by atoms with van der Waals surface area (Å²) in [5.41, 5.74) is 1.98. The minimum atomic E-state index is -0.234. The molecule has 1 aromatic heterocycles. The highest BCUT2D eigenvalue weighted by molar-refractivity contribution is 5.83. The maximum Gasteiger partial charge on any atom is 0.227 e. The average molecular weight is 341 g/mol. The van der Waals surface area contributed by atoms with Crippen LogP contribution in [0.5, 0.6) is 11.5 Å². The van der Waals surface area contributed by atoms with Crippen molar-refractivity contribution in [2.75, 3.05) is 13.2 Å². The van der Waals surface area contributed by atoms with E-state index in [-0.39, 0.29) is 17.9 Å². The van der Waals surface area contributed by atoms with Gasteiger partial charge in [-0.25, -0.2) is 4.98 Å². The summed E-state index contributed by atoms with van der Waals surface area (Å²) in [6.07, 6.45) is 3.88. The number of imidazole rings is 1. The minimum Gasteiger partial charge on any atom is -0.486 e. The maximum atomic E-state index is 12.7. The second-order valence-corrected chi connectivity index (χ2v) is 6.82. The number of aromatic nitrogens is 2. The van der Waals surface area contributed by atoms with Crippen LogP contribution in [0.3, 0.4) is 0 Å². The van der Waals surface area contributed by atoms with E-state index >= 15 is 0 Å². The van der Waals surface area contributed by atoms with Crippen LogP contribution in [0.2, 0.25) is 0 Å². The predicted molar refractivity (Wildman–Crippen MR) is 93.1 cm³/mol. The molecule has 2 atom stereocenters. The quantitative estimate of drug-likeness (QED) is 0.929. The fourth-order valence-electron chi connectivity index (χ4n) is 3.51. The number of aryl methyl sites for hydroxylation is 2. The first-order chi connectivity index (χ1) is 12.1. The molecular weight excluding hydrogens is 318 g/mol. The van der Waals surface area contributed by atoms with Crippen LogP contribution < -0.4 is 14.8 Å². The van der Waals surface area contributed by atoms with E-state index in [4.69, 9.17) is 9.47 Å². The Balaban J connectivity index is 1.42. The van der Waals surface area contributed by atoms with E-state index < -0.39 is 0 Å². The lowest BCUT2D eigenvalue weighted by Crippen LogP contribution is -2.42. The van der Waals surface area contributed by atoms with Crippen LogP contribution in [0, 0.1) is 6.92 Å². The fourth-order valence-corrected chi connectivity index (χ4v) is 3.51. The molecule has 25 heavy (non-hydrogen) atoms. The zero-order chi connectivity index (χ0) is 17.4. The Morgan fingerprint density at radius 1 is 1.32 bits per heavy atom. The molecule has 0 fully saturated rings. The number of rotatable bonds is 3. The van der Waals surface area contributed by atoms with Gasteiger partial charge in [0.25, 0.3) is 0 Å². The molecule has 3 heterocycles. The SMILES string of the molecule is Cc1cn2c(n1)CCC(NC(=O)C(C)c1ccc3c(c1)OCCO3)C2. The number of hydrogen-bond donors (Lipinski definition) is 1. The number of carbonyl (C=O) groups is 1. The van der Waals surface area contributed by atoms with Gasteiger partial charge in [0.15, 0.2) is 11.5 Å². The first kappa shape index (κ1) is 16.0. The average Bonchev–Trinajstić information content (AvgIpc) is 3.00. The lowest BCUT2D eigenvalue weighted by atomic mass is 9.98. The Morgan fingerprint density at radius 3 is 2.96 bits per heavy atom. The monoisotopic (exact) mass is 341 g/mol. The van der Waals surface area contributed by atoms with E-state index in [2.05, 4.69) is 21.1 Å². The van der Waals surface area contributed by atoms with Crippen molar-refractivity contribution >= 4 is 5.91 Å². The smallest absolute Gasteiger partial charge is 0.227 e. The maximum absolute atomic E-state index is 12.7. The van der Waals surface area contributed by atoms with Crippen molar-refractivity contribution in [2.24, 2.45) is 0 Å². The van der Waals surface area contributed by atoms with Gasteiger partial charge < -0.3 is 19.4 Å². The summed E-state index contributed by atoms with van der Waals surface area (Å²) in [5.74, 6) is 2.39. The molecule has 132 valence electrons. The fraction of sp³-hybridized carbons (Fsp3) is 0.474. The third kappa shape index (κ3) is 3.21. The van der Waals surface area contributed by atoms with Crippen LogP contribution in [0.1, 0.15) is 36.3 Å². The standard InChI is InChI=1S/C19H23N3O3/c1-12-10-22-11-15(4-6-18(22)20-12)21-19(23)13(2)14-3-5-16-17(9-14)25-8-7-24-16/h3,5,9-10,13,15H,4,6-8,11H2,1-2H3,(H,21,23). The molecule has 1 amide bonds. The lowest BCUT2D eigenvalue weighted by molar-refractivity contribution is -0.123. The third-order valence-corrected chi connectivity index (χ3v) is 4.92. The molecule has 0 aliphatic carbocycles. The highest BCUT2D eigenvalue weighted by Crippen LogP contribution is 2.33. The van der Waals surface area contributed by atoms with Gasteiger partial charge in [-0.05, 0) is 38.0 Å². The van der Waals surface area contributed by atoms with Crippen molar-refractivity contribution in [3.8, 4) is 11.5 Å². The number of hydrogen-bond acceptors (Lipinski definition) is 4. The van der Waals surface area contributed by atoms with Crippen LogP contribution in [0.15, 0.2) is 24.4 Å². The molecule has 6 heteroatoms. The predicted octanol–water partition coefficient (Wildman–Crippen LogP) is 2.20. The summed E-state index contributed by atoms with van der Waals surface area (Å²) in [6, 6.07) is 5.88. The normalized spacial score (nSPS) is 19.8. The number of nitrogens with zero attached hydrogens (tertiary/aromatic N) is 2. The molecule has 0 bridgehead atoms. The Hall–Kier alpha value is -2.50. The summed E-state index contributed by atoms with van der Waals surface area (Å²) < 4.78 is 13.3. The van der Waals surface area contributed by atoms with Gasteiger partial charge in [-0.1, -0.05) is 6.07 Å². The van der Waals surface area contributed by atoms with Crippen LogP contribution in [0.25, 0.3) is 0 Å². The highest BCUT2D eigenvalue weighted by atomic mass is 16.6. The molecular formula is C19H23N3O3. The molecule has 4 rings (SSSR count). The van der Waals surface area contributed by atoms with Gasteiger partial charge in [0, 0.05) is 25.2 Å². The van der Waals surface area contributed by atoms with Gasteiger partial charge in [-0.3, -0.25) is 4.79 Å². The highest BCUT2D eigenvalue weighted by Gasteiger charge is 2.25. The van der Waals surface area contributed by atoms with E-state index in [9.17, 15) is 4.79 Å². The third-order valence-electron chi connectivity index (χ3n) is 4.92. The summed E-state index contributed by atoms with van der Waals surface area (Å²) in [4.78, 5) is 17.2. The molecule has 0 saturated heterocycles. The van der Waals surface area contributed by atoms with Gasteiger partial charge in [0.05, 0.1) is 11.6 Å². The van der Waals surface area contributed by atoms with Gasteiger partial charge >= 0.3 is 0 Å². The number of ether oxygens (including phenoxy) is 2. The second kappa shape index (κ2) is 6.43. The van der Waals surface area contributed by atoms with E-state index in [0.717, 1.165) is 48.0 Å². The van der Waals surface area contributed by atoms with Gasteiger partial charge in [0.2, 0.25) is 5.91 Å². The molecule has 0 spiro atoms. The van der Waals surface area contributed by atoms with Crippen molar-refractivity contribution in [1.82, 2.24) is 14.9 Å². The molecule has 2 aromatic rings. The van der Waals surface area contributed by atoms with Gasteiger partial charge in [0.1, 0.15) is 19.0 Å². The second-order valence-electron chi connectivity index (χ2n) is 6.82. The van der Waals surface area contributed by atoms with Crippen molar-refractivity contribution in [2.45, 2.75) is 45.2 Å². The number of nitrogens with one attached hydrogen (secondary N) is 1. The van der Waals surface area contributed by atoms with E-state index in [1.54, 1.807) is 0 Å². The van der Waals surface area contributed by atoms with Crippen molar-refractivity contribution in [1.29, 1.82) is 0 Å². The molecule has 0 saturated carbocycles. The van der Waals surface area contributed by atoms with Crippen molar-refractivity contribution < 1.29 is 14.3 Å². The first-order valence-corrected chi connectivity index (χ1v) is 8.83. The summed E-state index contributed by atoms with van der Waals surface area (Å²) in [5, 5.41) is 3.19. The van der Waals surface area contributed by atoms with Crippen LogP contribution >= 0.6 is 0 Å². The molecule has 1 aromatic carbocycles. The molecule has 6 nitrogen and oxygen atoms in total. The largest absolute Gasteiger partial charge is 0.486 e. The van der Waals surface area contributed by atoms with Gasteiger partial charge in [-0.2, -0.15) is 0 Å². The zero-order valence-corrected chi connectivity index (χ0v) is 14.6. The zero-order valence-electron chi connectivity index (χ0n) is 14.6. The van der Waals surface area contributed by atoms with E-state index in [1.165, 1.54) is 0 Å². The topological polar surface area (TPSA) is 65.4 Å². The summed E-state index contributed by atoms with van der Waals surface area (Å²) in [6.45, 7) is 5.83. The molecule has 2 unspecified atom stereocenters. The van der Waals surface area contributed by atoms with Crippen LogP contribution in [-0.4, -0.2) is 34.7 Å². The van der Waals surface area contributed by atoms with Crippen molar-refractivity contribution in [3.05, 3.63) is 41.5 Å². The number of carbonyl (C=O) groups excluding carboxylic acids is 1. The molecule has 2 aliphatic rings. The Kier molecular flexibility index (Phi) is 4.11. The number of amides is 1. The Bertz CT molecular complexity index is 799. The van der Waals surface area contributed by atoms with Crippen molar-refractivity contribution in [3.63, 3.8) is 0 Å². The van der Waals surface area contributed by atoms with Gasteiger partial charge in [-0.15, -0.1) is 0 Å². The number of fused-ring (bicyclic) bond motifs is 2. The molecule has 0 radical (unpaired) electrons. The summed E-state index contributed by atoms with van der Waals surface area (Å²) >= 11 is 0. The Morgan fingerprint density at radius 2 is 2.12 bits per heavy atom. The summed E-state index contributed by atoms with van der Waals surface area (Å²) in [7, 11) is 0. The first-order valence-electron chi connectivity index (χ1n) is 8.83. The van der Waals surface area contributed by atoms with Crippen LogP contribution in [0.4, 0.5) is 0 Å². The molecule has 1 N–H and O–H groups in total. The minimum absolute atomic E-state index is 0.0435. The number of benzene rings is 1. The van der Waals surface area contributed by atoms with E-state index in [1.807, 2.05) is 32.0 Å². The Labute approximate surface area is 147 Å². The van der Waals surface area contributed by atoms with Crippen LogP contribution in [-0.2, 0) is 17.8 Å². The lowest BCUT2D eigenvalue weighted by Gasteiger charge is -2.26. The van der Waals surface area contributed by atoms with E-state index in [0.29, 0.717) is 13.2 Å².